The molecule has 0 bridgehead atoms. The molecule has 1 amide bonds. The second-order valence-corrected chi connectivity index (χ2v) is 6.41. The Morgan fingerprint density at radius 3 is 2.83 bits per heavy atom. The summed E-state index contributed by atoms with van der Waals surface area (Å²) in [5.41, 5.74) is 2.50. The lowest BCUT2D eigenvalue weighted by Crippen LogP contribution is -2.37. The number of hydrogen-bond donors (Lipinski definition) is 2. The van der Waals surface area contributed by atoms with Crippen LogP contribution in [0.3, 0.4) is 0 Å². The lowest BCUT2D eigenvalue weighted by molar-refractivity contribution is 0.0722. The number of halogens is 2. The van der Waals surface area contributed by atoms with Gasteiger partial charge in [0.05, 0.1) is 15.6 Å². The Hall–Kier alpha value is -2.31. The number of H-pyrrole nitrogens is 2. The van der Waals surface area contributed by atoms with Crippen LogP contribution < -0.4 is 5.56 Å². The van der Waals surface area contributed by atoms with E-state index in [1.807, 2.05) is 6.07 Å². The van der Waals surface area contributed by atoms with Crippen LogP contribution >= 0.6 is 23.2 Å². The second kappa shape index (κ2) is 5.65. The van der Waals surface area contributed by atoms with Crippen molar-refractivity contribution in [1.29, 1.82) is 0 Å². The summed E-state index contributed by atoms with van der Waals surface area (Å²) < 4.78 is 0. The fraction of sp³-hybridized carbons (Fsp3) is 0.188. The predicted molar refractivity (Wildman–Crippen MR) is 91.6 cm³/mol. The van der Waals surface area contributed by atoms with Crippen LogP contribution in [0.15, 0.2) is 29.2 Å². The smallest absolute Gasteiger partial charge is 0.290 e. The zero-order valence-corrected chi connectivity index (χ0v) is 13.9. The molecule has 8 heteroatoms. The summed E-state index contributed by atoms with van der Waals surface area (Å²) in [7, 11) is 0. The van der Waals surface area contributed by atoms with Crippen molar-refractivity contribution >= 4 is 40.0 Å². The number of aromatic nitrogens is 3. The molecule has 24 heavy (non-hydrogen) atoms. The Balaban J connectivity index is 1.72. The topological polar surface area (TPSA) is 81.8 Å². The number of amides is 1. The van der Waals surface area contributed by atoms with E-state index in [9.17, 15) is 9.59 Å². The Morgan fingerprint density at radius 1 is 1.21 bits per heavy atom. The van der Waals surface area contributed by atoms with Gasteiger partial charge in [-0.15, -0.1) is 0 Å². The van der Waals surface area contributed by atoms with Gasteiger partial charge in [0.25, 0.3) is 11.5 Å². The molecule has 0 atom stereocenters. The first-order valence-corrected chi connectivity index (χ1v) is 8.12. The molecule has 0 unspecified atom stereocenters. The van der Waals surface area contributed by atoms with Crippen LogP contribution in [0.4, 0.5) is 0 Å². The van der Waals surface area contributed by atoms with Gasteiger partial charge in [0, 0.05) is 48.4 Å². The molecule has 122 valence electrons. The average Bonchev–Trinajstić information content (AvgIpc) is 2.96. The second-order valence-electron chi connectivity index (χ2n) is 5.63. The van der Waals surface area contributed by atoms with Gasteiger partial charge in [0.2, 0.25) is 0 Å². The minimum atomic E-state index is -0.348. The van der Waals surface area contributed by atoms with Crippen molar-refractivity contribution in [2.75, 3.05) is 6.54 Å². The summed E-state index contributed by atoms with van der Waals surface area (Å²) in [6.07, 6.45) is 2.00. The molecule has 3 heterocycles. The van der Waals surface area contributed by atoms with Gasteiger partial charge in [0.1, 0.15) is 0 Å². The summed E-state index contributed by atoms with van der Waals surface area (Å²) in [5, 5.41) is 1.92. The van der Waals surface area contributed by atoms with E-state index in [1.165, 1.54) is 12.3 Å². The van der Waals surface area contributed by atoms with E-state index in [1.54, 1.807) is 11.0 Å². The number of fused-ring (bicyclic) bond motifs is 3. The fourth-order valence-electron chi connectivity index (χ4n) is 3.03. The number of benzene rings is 1. The molecule has 1 aromatic carbocycles. The molecule has 0 saturated heterocycles. The van der Waals surface area contributed by atoms with Crippen LogP contribution in [0.25, 0.3) is 10.9 Å². The number of hydrogen-bond acceptors (Lipinski definition) is 3. The van der Waals surface area contributed by atoms with Crippen LogP contribution in [0.2, 0.25) is 10.0 Å². The van der Waals surface area contributed by atoms with E-state index in [0.29, 0.717) is 29.6 Å². The fourth-order valence-corrected chi connectivity index (χ4v) is 3.40. The third-order valence-corrected chi connectivity index (χ3v) is 5.01. The number of nitrogens with one attached hydrogen (secondary N) is 2. The molecule has 6 nitrogen and oxygen atoms in total. The average molecular weight is 363 g/mol. The molecule has 1 aliphatic rings. The van der Waals surface area contributed by atoms with Crippen molar-refractivity contribution in [2.45, 2.75) is 13.0 Å². The highest BCUT2D eigenvalue weighted by atomic mass is 35.5. The monoisotopic (exact) mass is 362 g/mol. The van der Waals surface area contributed by atoms with Crippen LogP contribution in [0, 0.1) is 0 Å². The number of nitrogens with zero attached hydrogens (tertiary/aromatic N) is 2. The van der Waals surface area contributed by atoms with Gasteiger partial charge in [-0.2, -0.15) is 0 Å². The summed E-state index contributed by atoms with van der Waals surface area (Å²) >= 11 is 12.3. The standard InChI is InChI=1S/C16H12Cl2N4O2/c17-10-2-1-8-9-7-22(6-4-11(9)20-14(8)13(10)18)16(24)15-19-5-3-12(23)21-15/h1-3,5,20H,4,6-7H2,(H,19,21,23). The van der Waals surface area contributed by atoms with Crippen molar-refractivity contribution in [3.8, 4) is 0 Å². The van der Waals surface area contributed by atoms with Crippen molar-refractivity contribution in [3.63, 3.8) is 0 Å². The van der Waals surface area contributed by atoms with Crippen molar-refractivity contribution in [2.24, 2.45) is 0 Å². The molecule has 0 spiro atoms. The van der Waals surface area contributed by atoms with E-state index >= 15 is 0 Å². The van der Waals surface area contributed by atoms with Gasteiger partial charge >= 0.3 is 0 Å². The van der Waals surface area contributed by atoms with Crippen LogP contribution in [0.1, 0.15) is 21.9 Å². The molecule has 2 aromatic heterocycles. The zero-order valence-electron chi connectivity index (χ0n) is 12.4. The predicted octanol–water partition coefficient (Wildman–Crippen LogP) is 2.76. The lowest BCUT2D eigenvalue weighted by atomic mass is 10.0. The quantitative estimate of drug-likeness (QED) is 0.698. The molecular formula is C16H12Cl2N4O2. The molecule has 0 aliphatic carbocycles. The van der Waals surface area contributed by atoms with E-state index in [0.717, 1.165) is 22.2 Å². The Labute approximate surface area is 146 Å². The van der Waals surface area contributed by atoms with Gasteiger partial charge < -0.3 is 14.9 Å². The Kier molecular flexibility index (Phi) is 3.58. The van der Waals surface area contributed by atoms with Crippen molar-refractivity contribution in [1.82, 2.24) is 19.9 Å². The lowest BCUT2D eigenvalue weighted by Gasteiger charge is -2.26. The Morgan fingerprint density at radius 2 is 2.04 bits per heavy atom. The first kappa shape index (κ1) is 15.2. The highest BCUT2D eigenvalue weighted by Gasteiger charge is 2.26. The third-order valence-electron chi connectivity index (χ3n) is 4.20. The zero-order chi connectivity index (χ0) is 16.8. The molecule has 0 saturated carbocycles. The minimum Gasteiger partial charge on any atom is -0.357 e. The first-order valence-electron chi connectivity index (χ1n) is 7.36. The maximum Gasteiger partial charge on any atom is 0.290 e. The van der Waals surface area contributed by atoms with Gasteiger partial charge in [-0.1, -0.05) is 29.3 Å². The molecule has 0 fully saturated rings. The van der Waals surface area contributed by atoms with Gasteiger partial charge in [-0.3, -0.25) is 9.59 Å². The van der Waals surface area contributed by atoms with Crippen LogP contribution in [0.5, 0.6) is 0 Å². The highest BCUT2D eigenvalue weighted by Crippen LogP contribution is 2.35. The SMILES string of the molecule is O=C(c1nccc(=O)[nH]1)N1CCc2[nH]c3c(Cl)c(Cl)ccc3c2C1. The molecular weight excluding hydrogens is 351 g/mol. The van der Waals surface area contributed by atoms with Crippen LogP contribution in [-0.2, 0) is 13.0 Å². The largest absolute Gasteiger partial charge is 0.357 e. The molecule has 1 aliphatic heterocycles. The molecule has 4 rings (SSSR count). The van der Waals surface area contributed by atoms with E-state index in [4.69, 9.17) is 23.2 Å². The third kappa shape index (κ3) is 2.39. The van der Waals surface area contributed by atoms with Gasteiger partial charge in [0.15, 0.2) is 5.82 Å². The number of rotatable bonds is 1. The van der Waals surface area contributed by atoms with Crippen LogP contribution in [-0.4, -0.2) is 32.3 Å². The van der Waals surface area contributed by atoms with E-state index in [2.05, 4.69) is 15.0 Å². The number of aromatic amines is 2. The summed E-state index contributed by atoms with van der Waals surface area (Å²) in [4.78, 5) is 35.4. The number of carbonyl (C=O) groups excluding carboxylic acids is 1. The maximum atomic E-state index is 12.6. The van der Waals surface area contributed by atoms with Gasteiger partial charge in [-0.05, 0) is 6.07 Å². The van der Waals surface area contributed by atoms with E-state index < -0.39 is 0 Å². The van der Waals surface area contributed by atoms with Gasteiger partial charge in [-0.25, -0.2) is 4.98 Å². The van der Waals surface area contributed by atoms with Crippen molar-refractivity contribution < 1.29 is 4.79 Å². The summed E-state index contributed by atoms with van der Waals surface area (Å²) in [6.45, 7) is 0.952. The Bertz CT molecular complexity index is 1020. The molecule has 2 N–H and O–H groups in total. The molecule has 0 radical (unpaired) electrons. The summed E-state index contributed by atoms with van der Waals surface area (Å²) in [6, 6.07) is 4.92. The van der Waals surface area contributed by atoms with Crippen molar-refractivity contribution in [3.05, 3.63) is 61.9 Å². The highest BCUT2D eigenvalue weighted by molar-refractivity contribution is 6.45. The minimum absolute atomic E-state index is 0.0480. The maximum absolute atomic E-state index is 12.6. The normalized spacial score (nSPS) is 14.0. The number of carbonyl (C=O) groups is 1. The first-order chi connectivity index (χ1) is 11.5. The summed E-state index contributed by atoms with van der Waals surface area (Å²) in [5.74, 6) is -0.250. The molecule has 3 aromatic rings. The van der Waals surface area contributed by atoms with E-state index in [-0.39, 0.29) is 17.3 Å².